The van der Waals surface area contributed by atoms with Gasteiger partial charge in [-0.15, -0.1) is 0 Å². The number of halogens is 1. The van der Waals surface area contributed by atoms with E-state index < -0.39 is 21.7 Å². The third kappa shape index (κ3) is 4.21. The van der Waals surface area contributed by atoms with Crippen molar-refractivity contribution < 1.29 is 27.4 Å². The number of amides is 1. The van der Waals surface area contributed by atoms with E-state index in [1.165, 1.54) is 43.5 Å². The van der Waals surface area contributed by atoms with E-state index in [0.717, 1.165) is 12.1 Å². The fourth-order valence-corrected chi connectivity index (χ4v) is 4.23. The van der Waals surface area contributed by atoms with Gasteiger partial charge in [0, 0.05) is 10.9 Å². The predicted octanol–water partition coefficient (Wildman–Crippen LogP) is 4.07. The Hall–Kier alpha value is -4.05. The second kappa shape index (κ2) is 8.23. The molecule has 0 fully saturated rings. The van der Waals surface area contributed by atoms with Crippen molar-refractivity contribution in [1.29, 1.82) is 0 Å². The van der Waals surface area contributed by atoms with Crippen molar-refractivity contribution in [3.63, 3.8) is 0 Å². The van der Waals surface area contributed by atoms with Gasteiger partial charge in [-0.2, -0.15) is 0 Å². The third-order valence-electron chi connectivity index (χ3n) is 4.71. The zero-order valence-corrected chi connectivity index (χ0v) is 17.5. The molecule has 0 saturated heterocycles. The minimum atomic E-state index is -4.05. The van der Waals surface area contributed by atoms with E-state index >= 15 is 0 Å². The molecule has 0 bridgehead atoms. The van der Waals surface area contributed by atoms with Crippen LogP contribution < -0.4 is 14.8 Å². The van der Waals surface area contributed by atoms with E-state index in [0.29, 0.717) is 16.7 Å². The summed E-state index contributed by atoms with van der Waals surface area (Å²) in [4.78, 5) is 15.3. The molecule has 4 N–H and O–H groups in total. The number of fused-ring (bicyclic) bond motifs is 1. The summed E-state index contributed by atoms with van der Waals surface area (Å²) in [6, 6.07) is 15.5. The number of anilines is 2. The lowest BCUT2D eigenvalue weighted by Crippen LogP contribution is -2.15. The van der Waals surface area contributed by atoms with Crippen molar-refractivity contribution in [2.24, 2.45) is 0 Å². The van der Waals surface area contributed by atoms with Crippen molar-refractivity contribution in [1.82, 2.24) is 4.98 Å². The van der Waals surface area contributed by atoms with Crippen LogP contribution in [0.4, 0.5) is 15.8 Å². The number of carbonyl (C=O) groups is 1. The van der Waals surface area contributed by atoms with Crippen LogP contribution in [0, 0.1) is 5.82 Å². The highest BCUT2D eigenvalue weighted by Crippen LogP contribution is 2.30. The Kier molecular flexibility index (Phi) is 5.45. The van der Waals surface area contributed by atoms with Crippen molar-refractivity contribution >= 4 is 38.2 Å². The van der Waals surface area contributed by atoms with Gasteiger partial charge in [0.25, 0.3) is 15.9 Å². The van der Waals surface area contributed by atoms with Gasteiger partial charge in [0.05, 0.1) is 23.4 Å². The topological polar surface area (TPSA) is 121 Å². The summed E-state index contributed by atoms with van der Waals surface area (Å²) in [5.41, 5.74) is 0.797. The Morgan fingerprint density at radius 3 is 2.59 bits per heavy atom. The molecule has 10 heteroatoms. The number of aromatic hydroxyl groups is 1. The molecule has 4 aromatic rings. The Balaban J connectivity index is 1.61. The van der Waals surface area contributed by atoms with Crippen LogP contribution in [-0.4, -0.2) is 31.5 Å². The van der Waals surface area contributed by atoms with Crippen LogP contribution in [0.2, 0.25) is 0 Å². The van der Waals surface area contributed by atoms with E-state index in [9.17, 15) is 22.7 Å². The molecule has 0 saturated carbocycles. The maximum absolute atomic E-state index is 13.4. The monoisotopic (exact) mass is 455 g/mol. The Morgan fingerprint density at radius 1 is 1.03 bits per heavy atom. The second-order valence-corrected chi connectivity index (χ2v) is 8.54. The molecule has 1 heterocycles. The number of nitrogens with one attached hydrogen (secondary N) is 3. The van der Waals surface area contributed by atoms with Crippen LogP contribution in [0.3, 0.4) is 0 Å². The molecule has 0 aliphatic rings. The van der Waals surface area contributed by atoms with Crippen LogP contribution >= 0.6 is 0 Å². The first-order chi connectivity index (χ1) is 15.3. The number of carbonyl (C=O) groups excluding carboxylic acids is 1. The molecule has 164 valence electrons. The molecule has 3 aromatic carbocycles. The summed E-state index contributed by atoms with van der Waals surface area (Å²) >= 11 is 0. The van der Waals surface area contributed by atoms with Gasteiger partial charge in [-0.3, -0.25) is 9.52 Å². The second-order valence-electron chi connectivity index (χ2n) is 6.85. The first-order valence-corrected chi connectivity index (χ1v) is 10.8. The fraction of sp³-hybridized carbons (Fsp3) is 0.0455. The minimum Gasteiger partial charge on any atom is -0.506 e. The number of aromatic amines is 1. The smallest absolute Gasteiger partial charge is 0.272 e. The number of methoxy groups -OCH3 is 1. The maximum atomic E-state index is 13.4. The lowest BCUT2D eigenvalue weighted by molar-refractivity contribution is 0.102. The number of sulfonamides is 1. The van der Waals surface area contributed by atoms with E-state index in [1.54, 1.807) is 18.2 Å². The summed E-state index contributed by atoms with van der Waals surface area (Å²) in [6.07, 6.45) is 0. The molecule has 32 heavy (non-hydrogen) atoms. The highest BCUT2D eigenvalue weighted by atomic mass is 32.2. The quantitative estimate of drug-likeness (QED) is 0.327. The van der Waals surface area contributed by atoms with Gasteiger partial charge in [0.2, 0.25) is 0 Å². The van der Waals surface area contributed by atoms with Gasteiger partial charge in [-0.05, 0) is 54.6 Å². The molecular weight excluding hydrogens is 437 g/mol. The standard InChI is InChI=1S/C22H18FN3O5S/c1-31-21-5-3-2-4-17(21)26-32(29,30)15-7-9-20(27)18(12-15)25-22(28)19-11-13-10-14(23)6-8-16(13)24-19/h2-12,24,26-27H,1H3,(H,25,28). The molecule has 0 aliphatic heterocycles. The SMILES string of the molecule is COc1ccccc1NS(=O)(=O)c1ccc(O)c(NC(=O)c2cc3cc(F)ccc3[nH]2)c1. The third-order valence-corrected chi connectivity index (χ3v) is 6.07. The van der Waals surface area contributed by atoms with E-state index in [2.05, 4.69) is 15.0 Å². The first-order valence-electron chi connectivity index (χ1n) is 9.35. The summed E-state index contributed by atoms with van der Waals surface area (Å²) in [7, 11) is -2.64. The van der Waals surface area contributed by atoms with Gasteiger partial charge in [0.15, 0.2) is 0 Å². The van der Waals surface area contributed by atoms with Crippen molar-refractivity contribution in [3.05, 3.63) is 78.2 Å². The van der Waals surface area contributed by atoms with Crippen molar-refractivity contribution in [3.8, 4) is 11.5 Å². The van der Waals surface area contributed by atoms with Crippen LogP contribution in [0.25, 0.3) is 10.9 Å². The average Bonchev–Trinajstić information content (AvgIpc) is 3.18. The van der Waals surface area contributed by atoms with Gasteiger partial charge < -0.3 is 20.1 Å². The normalized spacial score (nSPS) is 11.3. The van der Waals surface area contributed by atoms with Gasteiger partial charge in [0.1, 0.15) is 23.0 Å². The first kappa shape index (κ1) is 21.2. The van der Waals surface area contributed by atoms with Gasteiger partial charge in [-0.1, -0.05) is 12.1 Å². The molecule has 4 rings (SSSR count). The van der Waals surface area contributed by atoms with Crippen LogP contribution in [0.1, 0.15) is 10.5 Å². The van der Waals surface area contributed by atoms with E-state index in [1.807, 2.05) is 0 Å². The highest BCUT2D eigenvalue weighted by molar-refractivity contribution is 7.92. The molecule has 1 amide bonds. The largest absolute Gasteiger partial charge is 0.506 e. The lowest BCUT2D eigenvalue weighted by Gasteiger charge is -2.13. The van der Waals surface area contributed by atoms with Gasteiger partial charge >= 0.3 is 0 Å². The van der Waals surface area contributed by atoms with Crippen LogP contribution in [0.5, 0.6) is 11.5 Å². The Bertz CT molecular complexity index is 1430. The average molecular weight is 455 g/mol. The number of hydrogen-bond acceptors (Lipinski definition) is 5. The summed E-state index contributed by atoms with van der Waals surface area (Å²) in [5.74, 6) is -1.07. The molecule has 0 spiro atoms. The van der Waals surface area contributed by atoms with Gasteiger partial charge in [-0.25, -0.2) is 12.8 Å². The highest BCUT2D eigenvalue weighted by Gasteiger charge is 2.20. The summed E-state index contributed by atoms with van der Waals surface area (Å²) < 4.78 is 46.6. The predicted molar refractivity (Wildman–Crippen MR) is 118 cm³/mol. The number of rotatable bonds is 6. The molecule has 0 radical (unpaired) electrons. The number of phenols is 1. The van der Waals surface area contributed by atoms with E-state index in [4.69, 9.17) is 4.74 Å². The molecule has 8 nitrogen and oxygen atoms in total. The number of para-hydroxylation sites is 2. The molecule has 1 aromatic heterocycles. The molecule has 0 unspecified atom stereocenters. The Morgan fingerprint density at radius 2 is 1.81 bits per heavy atom. The van der Waals surface area contributed by atoms with Crippen LogP contribution in [0.15, 0.2) is 71.6 Å². The summed E-state index contributed by atoms with van der Waals surface area (Å²) in [5, 5.41) is 13.1. The zero-order chi connectivity index (χ0) is 22.9. The van der Waals surface area contributed by atoms with Crippen molar-refractivity contribution in [2.45, 2.75) is 4.90 Å². The number of H-pyrrole nitrogens is 1. The van der Waals surface area contributed by atoms with Crippen LogP contribution in [-0.2, 0) is 10.0 Å². The molecule has 0 atom stereocenters. The number of phenolic OH excluding ortho intramolecular Hbond substituents is 1. The number of benzene rings is 3. The van der Waals surface area contributed by atoms with Crippen molar-refractivity contribution in [2.75, 3.05) is 17.1 Å². The minimum absolute atomic E-state index is 0.109. The molecular formula is C22H18FN3O5S. The van der Waals surface area contributed by atoms with E-state index in [-0.39, 0.29) is 27.7 Å². The summed E-state index contributed by atoms with van der Waals surface area (Å²) in [6.45, 7) is 0. The molecule has 0 aliphatic carbocycles. The number of hydrogen-bond donors (Lipinski definition) is 4. The lowest BCUT2D eigenvalue weighted by atomic mass is 10.2. The maximum Gasteiger partial charge on any atom is 0.272 e. The number of aromatic nitrogens is 1. The zero-order valence-electron chi connectivity index (χ0n) is 16.7. The fourth-order valence-electron chi connectivity index (χ4n) is 3.13. The Labute approximate surface area is 182 Å². The number of ether oxygens (including phenoxy) is 1.